The van der Waals surface area contributed by atoms with Crippen LogP contribution < -0.4 is 5.32 Å². The van der Waals surface area contributed by atoms with Crippen molar-refractivity contribution in [2.45, 2.75) is 6.42 Å². The van der Waals surface area contributed by atoms with Gasteiger partial charge in [-0.1, -0.05) is 42.5 Å². The summed E-state index contributed by atoms with van der Waals surface area (Å²) in [5.74, 6) is -0.636. The lowest BCUT2D eigenvalue weighted by Gasteiger charge is -2.34. The van der Waals surface area contributed by atoms with Crippen molar-refractivity contribution in [3.8, 4) is 0 Å². The summed E-state index contributed by atoms with van der Waals surface area (Å²) in [6.07, 6.45) is 4.53. The predicted molar refractivity (Wildman–Crippen MR) is 112 cm³/mol. The molecule has 0 bridgehead atoms. The highest BCUT2D eigenvalue weighted by Gasteiger charge is 2.20. The van der Waals surface area contributed by atoms with E-state index in [1.807, 2.05) is 23.1 Å². The lowest BCUT2D eigenvalue weighted by atomic mass is 10.2. The van der Waals surface area contributed by atoms with Crippen LogP contribution in [0, 0.1) is 5.82 Å². The second-order valence-corrected chi connectivity index (χ2v) is 7.01. The summed E-state index contributed by atoms with van der Waals surface area (Å²) in [6.45, 7) is 4.22. The summed E-state index contributed by atoms with van der Waals surface area (Å²) < 4.78 is 12.9. The number of nitrogens with zero attached hydrogens (tertiary/aromatic N) is 2. The third kappa shape index (κ3) is 6.54. The van der Waals surface area contributed by atoms with Crippen LogP contribution in [0.4, 0.5) is 4.39 Å². The predicted octanol–water partition coefficient (Wildman–Crippen LogP) is 2.80. The number of nitrogens with one attached hydrogen (secondary N) is 1. The van der Waals surface area contributed by atoms with E-state index in [9.17, 15) is 14.0 Å². The van der Waals surface area contributed by atoms with Gasteiger partial charge >= 0.3 is 0 Å². The average molecular weight is 395 g/mol. The number of benzene rings is 2. The monoisotopic (exact) mass is 395 g/mol. The third-order valence-corrected chi connectivity index (χ3v) is 4.93. The van der Waals surface area contributed by atoms with Gasteiger partial charge in [-0.3, -0.25) is 14.5 Å². The summed E-state index contributed by atoms with van der Waals surface area (Å²) in [7, 11) is 0. The standard InChI is InChI=1S/C23H26FN3O2/c24-21-10-8-20(9-11-21)23(29)25-13-12-22(28)27-17-15-26(16-18-27)14-4-7-19-5-2-1-3-6-19/h1-11H,12-18H2,(H,25,29). The summed E-state index contributed by atoms with van der Waals surface area (Å²) >= 11 is 0. The van der Waals surface area contributed by atoms with Crippen molar-refractivity contribution < 1.29 is 14.0 Å². The SMILES string of the molecule is O=C(NCCC(=O)N1CCN(CC=Cc2ccccc2)CC1)c1ccc(F)cc1. The van der Waals surface area contributed by atoms with Gasteiger partial charge in [0.25, 0.3) is 5.91 Å². The van der Waals surface area contributed by atoms with Gasteiger partial charge in [0.05, 0.1) is 0 Å². The lowest BCUT2D eigenvalue weighted by molar-refractivity contribution is -0.132. The molecule has 2 aromatic rings. The number of halogens is 1. The first-order valence-corrected chi connectivity index (χ1v) is 9.87. The first-order chi connectivity index (χ1) is 14.1. The van der Waals surface area contributed by atoms with E-state index in [0.29, 0.717) is 18.7 Å². The minimum atomic E-state index is -0.383. The summed E-state index contributed by atoms with van der Waals surface area (Å²) in [5, 5.41) is 2.71. The molecule has 2 amide bonds. The summed E-state index contributed by atoms with van der Waals surface area (Å²) in [5.41, 5.74) is 1.57. The Hall–Kier alpha value is -2.99. The topological polar surface area (TPSA) is 52.7 Å². The Bertz CT molecular complexity index is 829. The Morgan fingerprint density at radius 2 is 1.66 bits per heavy atom. The molecule has 29 heavy (non-hydrogen) atoms. The molecule has 2 aromatic carbocycles. The normalized spacial score (nSPS) is 14.9. The van der Waals surface area contributed by atoms with Crippen molar-refractivity contribution in [3.63, 3.8) is 0 Å². The highest BCUT2D eigenvalue weighted by Crippen LogP contribution is 2.06. The van der Waals surface area contributed by atoms with Gasteiger partial charge in [-0.2, -0.15) is 0 Å². The Balaban J connectivity index is 1.34. The molecule has 0 unspecified atom stereocenters. The zero-order chi connectivity index (χ0) is 20.5. The molecular formula is C23H26FN3O2. The van der Waals surface area contributed by atoms with Gasteiger partial charge in [-0.05, 0) is 29.8 Å². The molecule has 1 N–H and O–H groups in total. The Kier molecular flexibility index (Phi) is 7.53. The molecular weight excluding hydrogens is 369 g/mol. The molecule has 0 aliphatic carbocycles. The van der Waals surface area contributed by atoms with Crippen LogP contribution in [-0.4, -0.2) is 60.9 Å². The fraction of sp³-hybridized carbons (Fsp3) is 0.304. The highest BCUT2D eigenvalue weighted by molar-refractivity contribution is 5.94. The van der Waals surface area contributed by atoms with Gasteiger partial charge < -0.3 is 10.2 Å². The van der Waals surface area contributed by atoms with Crippen LogP contribution >= 0.6 is 0 Å². The van der Waals surface area contributed by atoms with E-state index in [1.165, 1.54) is 29.8 Å². The number of hydrogen-bond donors (Lipinski definition) is 1. The Morgan fingerprint density at radius 1 is 0.966 bits per heavy atom. The molecule has 1 heterocycles. The van der Waals surface area contributed by atoms with Crippen LogP contribution in [-0.2, 0) is 4.79 Å². The van der Waals surface area contributed by atoms with E-state index in [-0.39, 0.29) is 30.6 Å². The average Bonchev–Trinajstić information content (AvgIpc) is 2.75. The van der Waals surface area contributed by atoms with Crippen LogP contribution in [0.5, 0.6) is 0 Å². The van der Waals surface area contributed by atoms with Crippen molar-refractivity contribution in [1.82, 2.24) is 15.1 Å². The molecule has 6 heteroatoms. The summed E-state index contributed by atoms with van der Waals surface area (Å²) in [6, 6.07) is 15.5. The maximum Gasteiger partial charge on any atom is 0.251 e. The van der Waals surface area contributed by atoms with Gasteiger partial charge in [0, 0.05) is 51.3 Å². The van der Waals surface area contributed by atoms with Crippen molar-refractivity contribution in [3.05, 3.63) is 77.6 Å². The molecule has 1 aliphatic rings. The van der Waals surface area contributed by atoms with Crippen LogP contribution in [0.1, 0.15) is 22.3 Å². The molecule has 1 aliphatic heterocycles. The van der Waals surface area contributed by atoms with Crippen LogP contribution in [0.25, 0.3) is 6.08 Å². The van der Waals surface area contributed by atoms with Crippen LogP contribution in [0.3, 0.4) is 0 Å². The molecule has 0 radical (unpaired) electrons. The van der Waals surface area contributed by atoms with E-state index in [1.54, 1.807) is 0 Å². The van der Waals surface area contributed by atoms with Gasteiger partial charge in [0.15, 0.2) is 0 Å². The largest absolute Gasteiger partial charge is 0.352 e. The number of amides is 2. The van der Waals surface area contributed by atoms with E-state index in [2.05, 4.69) is 34.5 Å². The fourth-order valence-corrected chi connectivity index (χ4v) is 3.23. The van der Waals surface area contributed by atoms with E-state index < -0.39 is 0 Å². The Morgan fingerprint density at radius 3 is 2.34 bits per heavy atom. The quantitative estimate of drug-likeness (QED) is 0.784. The number of rotatable bonds is 7. The number of piperazine rings is 1. The van der Waals surface area contributed by atoms with Gasteiger partial charge in [-0.25, -0.2) is 4.39 Å². The van der Waals surface area contributed by atoms with E-state index in [4.69, 9.17) is 0 Å². The highest BCUT2D eigenvalue weighted by atomic mass is 19.1. The van der Waals surface area contributed by atoms with Crippen molar-refractivity contribution in [1.29, 1.82) is 0 Å². The molecule has 3 rings (SSSR count). The summed E-state index contributed by atoms with van der Waals surface area (Å²) in [4.78, 5) is 28.5. The van der Waals surface area contributed by atoms with Gasteiger partial charge in [0.2, 0.25) is 5.91 Å². The van der Waals surface area contributed by atoms with Crippen molar-refractivity contribution >= 4 is 17.9 Å². The van der Waals surface area contributed by atoms with Crippen molar-refractivity contribution in [2.24, 2.45) is 0 Å². The van der Waals surface area contributed by atoms with E-state index >= 15 is 0 Å². The molecule has 5 nitrogen and oxygen atoms in total. The third-order valence-electron chi connectivity index (χ3n) is 4.93. The minimum absolute atomic E-state index is 0.0453. The van der Waals surface area contributed by atoms with E-state index in [0.717, 1.165) is 19.6 Å². The van der Waals surface area contributed by atoms with Gasteiger partial charge in [0.1, 0.15) is 5.82 Å². The fourth-order valence-electron chi connectivity index (χ4n) is 3.23. The molecule has 0 spiro atoms. The molecule has 0 saturated carbocycles. The molecule has 0 atom stereocenters. The smallest absolute Gasteiger partial charge is 0.251 e. The maximum absolute atomic E-state index is 12.9. The molecule has 0 aromatic heterocycles. The number of carbonyl (C=O) groups is 2. The molecule has 1 saturated heterocycles. The van der Waals surface area contributed by atoms with Gasteiger partial charge in [-0.15, -0.1) is 0 Å². The first-order valence-electron chi connectivity index (χ1n) is 9.87. The van der Waals surface area contributed by atoms with Crippen LogP contribution in [0.15, 0.2) is 60.7 Å². The minimum Gasteiger partial charge on any atom is -0.352 e. The zero-order valence-electron chi connectivity index (χ0n) is 16.4. The van der Waals surface area contributed by atoms with Crippen molar-refractivity contribution in [2.75, 3.05) is 39.3 Å². The first kappa shape index (κ1) is 20.7. The second-order valence-electron chi connectivity index (χ2n) is 7.01. The number of hydrogen-bond acceptors (Lipinski definition) is 3. The molecule has 152 valence electrons. The maximum atomic E-state index is 12.9. The second kappa shape index (κ2) is 10.5. The zero-order valence-corrected chi connectivity index (χ0v) is 16.4. The Labute approximate surface area is 170 Å². The molecule has 1 fully saturated rings. The number of carbonyl (C=O) groups excluding carboxylic acids is 2. The van der Waals surface area contributed by atoms with Crippen LogP contribution in [0.2, 0.25) is 0 Å². The lowest BCUT2D eigenvalue weighted by Crippen LogP contribution is -2.49.